The van der Waals surface area contributed by atoms with Gasteiger partial charge in [-0.3, -0.25) is 9.13 Å². The second-order valence-corrected chi connectivity index (χ2v) is 6.81. The summed E-state index contributed by atoms with van der Waals surface area (Å²) in [5, 5.41) is 0.0182. The molecule has 2 aromatic rings. The number of benzene rings is 1. The van der Waals surface area contributed by atoms with Gasteiger partial charge >= 0.3 is 5.69 Å². The molecule has 1 atom stereocenters. The van der Waals surface area contributed by atoms with Crippen LogP contribution in [0.25, 0.3) is 11.0 Å². The first-order chi connectivity index (χ1) is 9.44. The van der Waals surface area contributed by atoms with Crippen LogP contribution in [-0.4, -0.2) is 9.13 Å². The van der Waals surface area contributed by atoms with Gasteiger partial charge in [-0.2, -0.15) is 0 Å². The Bertz CT molecular complexity index is 707. The monoisotopic (exact) mass is 292 g/mol. The molecule has 0 bridgehead atoms. The van der Waals surface area contributed by atoms with E-state index in [1.807, 2.05) is 13.1 Å². The van der Waals surface area contributed by atoms with Crippen molar-refractivity contribution in [3.05, 3.63) is 34.2 Å². The molecule has 0 radical (unpaired) electrons. The van der Waals surface area contributed by atoms with Gasteiger partial charge < -0.3 is 0 Å². The van der Waals surface area contributed by atoms with Crippen molar-refractivity contribution in [1.29, 1.82) is 0 Å². The van der Waals surface area contributed by atoms with Crippen LogP contribution in [0.2, 0.25) is 0 Å². The molecule has 3 nitrogen and oxygen atoms in total. The van der Waals surface area contributed by atoms with Gasteiger partial charge in [0, 0.05) is 14.1 Å². The predicted octanol–water partition coefficient (Wildman–Crippen LogP) is 3.74. The summed E-state index contributed by atoms with van der Waals surface area (Å²) in [7, 11) is 3.62. The lowest BCUT2D eigenvalue weighted by Gasteiger charge is -2.29. The molecule has 1 heterocycles. The van der Waals surface area contributed by atoms with E-state index in [9.17, 15) is 4.79 Å². The Balaban J connectivity index is 2.09. The van der Waals surface area contributed by atoms with Crippen molar-refractivity contribution in [2.24, 2.45) is 19.5 Å². The Morgan fingerprint density at radius 3 is 2.40 bits per heavy atom. The lowest BCUT2D eigenvalue weighted by Crippen LogP contribution is -2.19. The molecule has 1 saturated carbocycles. The van der Waals surface area contributed by atoms with Gasteiger partial charge in [0.25, 0.3) is 0 Å². The van der Waals surface area contributed by atoms with Gasteiger partial charge in [0.05, 0.1) is 16.4 Å². The highest BCUT2D eigenvalue weighted by Gasteiger charge is 2.36. The van der Waals surface area contributed by atoms with E-state index in [1.165, 1.54) is 25.7 Å². The van der Waals surface area contributed by atoms with Gasteiger partial charge in [0.2, 0.25) is 0 Å². The third-order valence-electron chi connectivity index (χ3n) is 4.95. The number of aryl methyl sites for hydroxylation is 2. The minimum Gasteiger partial charge on any atom is -0.295 e. The first-order valence-electron chi connectivity index (χ1n) is 7.23. The van der Waals surface area contributed by atoms with E-state index in [4.69, 9.17) is 11.6 Å². The lowest BCUT2D eigenvalue weighted by atomic mass is 9.81. The molecule has 1 aliphatic rings. The van der Waals surface area contributed by atoms with Crippen LogP contribution in [0.4, 0.5) is 0 Å². The zero-order valence-electron chi connectivity index (χ0n) is 12.3. The summed E-state index contributed by atoms with van der Waals surface area (Å²) < 4.78 is 3.37. The average molecular weight is 293 g/mol. The minimum atomic E-state index is 0.00958. The normalized spacial score (nSPS) is 19.6. The van der Waals surface area contributed by atoms with Crippen LogP contribution in [0.15, 0.2) is 23.0 Å². The van der Waals surface area contributed by atoms with E-state index in [2.05, 4.69) is 19.1 Å². The molecule has 0 amide bonds. The number of hydrogen-bond donors (Lipinski definition) is 0. The zero-order chi connectivity index (χ0) is 14.5. The molecule has 20 heavy (non-hydrogen) atoms. The third-order valence-corrected chi connectivity index (χ3v) is 5.73. The van der Waals surface area contributed by atoms with Crippen molar-refractivity contribution < 1.29 is 0 Å². The van der Waals surface area contributed by atoms with Crippen LogP contribution in [0.5, 0.6) is 0 Å². The van der Waals surface area contributed by atoms with Crippen molar-refractivity contribution in [3.63, 3.8) is 0 Å². The summed E-state index contributed by atoms with van der Waals surface area (Å²) in [5.41, 5.74) is 3.24. The second-order valence-electron chi connectivity index (χ2n) is 6.37. The molecule has 0 spiro atoms. The number of aromatic nitrogens is 2. The van der Waals surface area contributed by atoms with E-state index in [0.29, 0.717) is 0 Å². The maximum absolute atomic E-state index is 12.0. The summed E-state index contributed by atoms with van der Waals surface area (Å²) >= 11 is 6.76. The largest absolute Gasteiger partial charge is 0.328 e. The molecule has 1 aromatic carbocycles. The number of nitrogens with zero attached hydrogens (tertiary/aromatic N) is 2. The topological polar surface area (TPSA) is 26.9 Å². The molecule has 4 heteroatoms. The highest BCUT2D eigenvalue weighted by Crippen LogP contribution is 2.50. The fourth-order valence-corrected chi connectivity index (χ4v) is 3.87. The average Bonchev–Trinajstić information content (AvgIpc) is 2.98. The molecular formula is C16H21ClN2O. The second kappa shape index (κ2) is 4.66. The molecule has 1 aromatic heterocycles. The summed E-state index contributed by atoms with van der Waals surface area (Å²) in [5.74, 6) is 0. The van der Waals surface area contributed by atoms with Crippen molar-refractivity contribution in [2.45, 2.75) is 38.0 Å². The van der Waals surface area contributed by atoms with Gasteiger partial charge in [-0.25, -0.2) is 4.79 Å². The number of halogens is 1. The SMILES string of the molecule is Cn1c(=O)n(C)c2cc(C(Cl)C3(C)CCCC3)ccc21. The fraction of sp³-hybridized carbons (Fsp3) is 0.562. The Morgan fingerprint density at radius 2 is 1.75 bits per heavy atom. The lowest BCUT2D eigenvalue weighted by molar-refractivity contribution is 0.322. The van der Waals surface area contributed by atoms with Crippen LogP contribution >= 0.6 is 11.6 Å². The van der Waals surface area contributed by atoms with Crippen molar-refractivity contribution in [2.75, 3.05) is 0 Å². The van der Waals surface area contributed by atoms with Crippen LogP contribution in [0, 0.1) is 5.41 Å². The predicted molar refractivity (Wildman–Crippen MR) is 83.3 cm³/mol. The first-order valence-corrected chi connectivity index (χ1v) is 7.67. The molecule has 108 valence electrons. The number of hydrogen-bond acceptors (Lipinski definition) is 1. The fourth-order valence-electron chi connectivity index (χ4n) is 3.52. The molecule has 0 aliphatic heterocycles. The molecular weight excluding hydrogens is 272 g/mol. The molecule has 1 fully saturated rings. The third kappa shape index (κ3) is 1.91. The molecule has 1 aliphatic carbocycles. The van der Waals surface area contributed by atoms with Crippen molar-refractivity contribution in [1.82, 2.24) is 9.13 Å². The van der Waals surface area contributed by atoms with E-state index in [1.54, 1.807) is 16.2 Å². The maximum atomic E-state index is 12.0. The number of alkyl halides is 1. The van der Waals surface area contributed by atoms with Gasteiger partial charge in [0.1, 0.15) is 0 Å². The van der Waals surface area contributed by atoms with Crippen molar-refractivity contribution in [3.8, 4) is 0 Å². The first kappa shape index (κ1) is 13.7. The van der Waals surface area contributed by atoms with Crippen LogP contribution in [0.1, 0.15) is 43.5 Å². The Labute approximate surface area is 124 Å². The Kier molecular flexibility index (Phi) is 3.20. The summed E-state index contributed by atoms with van der Waals surface area (Å²) in [6, 6.07) is 6.17. The van der Waals surface area contributed by atoms with Crippen molar-refractivity contribution >= 4 is 22.6 Å². The van der Waals surface area contributed by atoms with Gasteiger partial charge in [-0.1, -0.05) is 25.8 Å². The molecule has 1 unspecified atom stereocenters. The number of imidazole rings is 1. The Morgan fingerprint density at radius 1 is 1.15 bits per heavy atom. The quantitative estimate of drug-likeness (QED) is 0.775. The van der Waals surface area contributed by atoms with E-state index in [0.717, 1.165) is 16.6 Å². The highest BCUT2D eigenvalue weighted by atomic mass is 35.5. The van der Waals surface area contributed by atoms with Crippen LogP contribution in [0.3, 0.4) is 0 Å². The standard InChI is InChI=1S/C16H21ClN2O/c1-16(8-4-5-9-16)14(17)11-6-7-12-13(10-11)19(3)15(20)18(12)2/h6-7,10,14H,4-5,8-9H2,1-3H3. The molecule has 0 saturated heterocycles. The summed E-state index contributed by atoms with van der Waals surface area (Å²) in [4.78, 5) is 12.0. The highest BCUT2D eigenvalue weighted by molar-refractivity contribution is 6.21. The van der Waals surface area contributed by atoms with Gasteiger partial charge in [-0.15, -0.1) is 11.6 Å². The van der Waals surface area contributed by atoms with E-state index < -0.39 is 0 Å². The smallest absolute Gasteiger partial charge is 0.295 e. The number of fused-ring (bicyclic) bond motifs is 1. The van der Waals surface area contributed by atoms with Gasteiger partial charge in [0.15, 0.2) is 0 Å². The van der Waals surface area contributed by atoms with E-state index in [-0.39, 0.29) is 16.5 Å². The van der Waals surface area contributed by atoms with Crippen LogP contribution in [-0.2, 0) is 14.1 Å². The summed E-state index contributed by atoms with van der Waals surface area (Å²) in [6.07, 6.45) is 4.91. The summed E-state index contributed by atoms with van der Waals surface area (Å²) in [6.45, 7) is 2.28. The van der Waals surface area contributed by atoms with E-state index >= 15 is 0 Å². The number of rotatable bonds is 2. The molecule has 3 rings (SSSR count). The molecule has 0 N–H and O–H groups in total. The minimum absolute atomic E-state index is 0.00958. The zero-order valence-corrected chi connectivity index (χ0v) is 13.1. The maximum Gasteiger partial charge on any atom is 0.328 e. The Hall–Kier alpha value is -1.22. The van der Waals surface area contributed by atoms with Gasteiger partial charge in [-0.05, 0) is 36.0 Å². The van der Waals surface area contributed by atoms with Crippen LogP contribution < -0.4 is 5.69 Å².